The summed E-state index contributed by atoms with van der Waals surface area (Å²) in [6, 6.07) is 10.0. The molecule has 140 valence electrons. The van der Waals surface area contributed by atoms with Crippen LogP contribution in [0.5, 0.6) is 0 Å². The number of carbonyl (C=O) groups excluding carboxylic acids is 2. The average molecular weight is 355 g/mol. The second kappa shape index (κ2) is 7.29. The fraction of sp³-hybridized carbons (Fsp3) is 0.619. The smallest absolute Gasteiger partial charge is 0.317 e. The summed E-state index contributed by atoms with van der Waals surface area (Å²) < 4.78 is 0. The minimum atomic E-state index is 0.00807. The monoisotopic (exact) mass is 355 g/mol. The molecule has 5 heteroatoms. The van der Waals surface area contributed by atoms with Crippen LogP contribution in [0.3, 0.4) is 0 Å². The fourth-order valence-electron chi connectivity index (χ4n) is 4.52. The van der Waals surface area contributed by atoms with Crippen LogP contribution in [0.25, 0.3) is 0 Å². The lowest BCUT2D eigenvalue weighted by molar-refractivity contribution is -0.131. The SMILES string of the molecule is O=C(NCc1ccccc1)N1CCC[C@]2(CCC(=O)N2CC2CC2)CC1. The molecule has 3 fully saturated rings. The molecule has 2 saturated heterocycles. The Kier molecular flexibility index (Phi) is 4.88. The highest BCUT2D eigenvalue weighted by Crippen LogP contribution is 2.42. The Morgan fingerprint density at radius 2 is 1.92 bits per heavy atom. The van der Waals surface area contributed by atoms with Gasteiger partial charge in [0, 0.05) is 38.1 Å². The summed E-state index contributed by atoms with van der Waals surface area (Å²) in [6.45, 7) is 3.04. The lowest BCUT2D eigenvalue weighted by atomic mass is 9.87. The number of nitrogens with zero attached hydrogens (tertiary/aromatic N) is 2. The third kappa shape index (κ3) is 3.71. The van der Waals surface area contributed by atoms with Gasteiger partial charge in [0.2, 0.25) is 5.91 Å². The van der Waals surface area contributed by atoms with Crippen molar-refractivity contribution >= 4 is 11.9 Å². The van der Waals surface area contributed by atoms with E-state index in [1.165, 1.54) is 12.8 Å². The molecule has 1 aliphatic carbocycles. The first-order chi connectivity index (χ1) is 12.7. The zero-order valence-electron chi connectivity index (χ0n) is 15.5. The summed E-state index contributed by atoms with van der Waals surface area (Å²) in [5.41, 5.74) is 1.12. The lowest BCUT2D eigenvalue weighted by Gasteiger charge is -2.38. The van der Waals surface area contributed by atoms with Crippen molar-refractivity contribution in [3.63, 3.8) is 0 Å². The molecule has 0 radical (unpaired) electrons. The van der Waals surface area contributed by atoms with E-state index in [2.05, 4.69) is 10.2 Å². The molecule has 1 spiro atoms. The normalized spacial score (nSPS) is 26.2. The maximum atomic E-state index is 12.6. The summed E-state index contributed by atoms with van der Waals surface area (Å²) in [5.74, 6) is 1.06. The van der Waals surface area contributed by atoms with E-state index in [4.69, 9.17) is 0 Å². The Balaban J connectivity index is 1.35. The second-order valence-electron chi connectivity index (χ2n) is 8.16. The minimum Gasteiger partial charge on any atom is -0.337 e. The second-order valence-corrected chi connectivity index (χ2v) is 8.16. The van der Waals surface area contributed by atoms with Crippen molar-refractivity contribution in [2.24, 2.45) is 5.92 Å². The van der Waals surface area contributed by atoms with Crippen LogP contribution in [0, 0.1) is 5.92 Å². The fourth-order valence-corrected chi connectivity index (χ4v) is 4.52. The number of amides is 3. The first-order valence-electron chi connectivity index (χ1n) is 10.0. The molecule has 0 aromatic heterocycles. The Bertz CT molecular complexity index is 658. The number of hydrogen-bond donors (Lipinski definition) is 1. The van der Waals surface area contributed by atoms with Gasteiger partial charge in [0.05, 0.1) is 0 Å². The molecule has 2 aliphatic heterocycles. The van der Waals surface area contributed by atoms with E-state index >= 15 is 0 Å². The van der Waals surface area contributed by atoms with Crippen LogP contribution in [0.4, 0.5) is 4.79 Å². The maximum Gasteiger partial charge on any atom is 0.317 e. The zero-order chi connectivity index (χ0) is 18.0. The molecule has 1 atom stereocenters. The molecular weight excluding hydrogens is 326 g/mol. The molecule has 2 heterocycles. The van der Waals surface area contributed by atoms with Gasteiger partial charge in [0.1, 0.15) is 0 Å². The molecule has 1 aromatic carbocycles. The molecule has 0 unspecified atom stereocenters. The van der Waals surface area contributed by atoms with Gasteiger partial charge < -0.3 is 15.1 Å². The van der Waals surface area contributed by atoms with Gasteiger partial charge >= 0.3 is 6.03 Å². The molecule has 1 aromatic rings. The van der Waals surface area contributed by atoms with Crippen LogP contribution >= 0.6 is 0 Å². The van der Waals surface area contributed by atoms with Crippen LogP contribution in [-0.2, 0) is 11.3 Å². The van der Waals surface area contributed by atoms with Crippen LogP contribution in [0.2, 0.25) is 0 Å². The maximum absolute atomic E-state index is 12.6. The highest BCUT2D eigenvalue weighted by Gasteiger charge is 2.47. The molecule has 26 heavy (non-hydrogen) atoms. The lowest BCUT2D eigenvalue weighted by Crippen LogP contribution is -2.48. The van der Waals surface area contributed by atoms with E-state index < -0.39 is 0 Å². The predicted molar refractivity (Wildman–Crippen MR) is 101 cm³/mol. The molecule has 5 nitrogen and oxygen atoms in total. The van der Waals surface area contributed by atoms with Gasteiger partial charge in [-0.15, -0.1) is 0 Å². The standard InChI is InChI=1S/C21H29N3O2/c25-19-9-11-21(24(19)16-18-7-8-18)10-4-13-23(14-12-21)20(26)22-15-17-5-2-1-3-6-17/h1-3,5-6,18H,4,7-16H2,(H,22,26)/t21-/m0/s1. The number of likely N-dealkylation sites (tertiary alicyclic amines) is 2. The van der Waals surface area contributed by atoms with Crippen LogP contribution < -0.4 is 5.32 Å². The van der Waals surface area contributed by atoms with Gasteiger partial charge in [-0.3, -0.25) is 4.79 Å². The average Bonchev–Trinajstić information content (AvgIpc) is 3.45. The Labute approximate surface area is 155 Å². The van der Waals surface area contributed by atoms with Gasteiger partial charge in [-0.1, -0.05) is 30.3 Å². The number of urea groups is 1. The molecular formula is C21H29N3O2. The summed E-state index contributed by atoms with van der Waals surface area (Å²) in [5, 5.41) is 3.04. The van der Waals surface area contributed by atoms with Gasteiger partial charge in [-0.2, -0.15) is 0 Å². The van der Waals surface area contributed by atoms with Crippen molar-refractivity contribution in [2.75, 3.05) is 19.6 Å². The van der Waals surface area contributed by atoms with E-state index in [1.54, 1.807) is 0 Å². The van der Waals surface area contributed by atoms with E-state index in [-0.39, 0.29) is 11.6 Å². The van der Waals surface area contributed by atoms with Crippen molar-refractivity contribution in [2.45, 2.75) is 57.0 Å². The van der Waals surface area contributed by atoms with E-state index in [9.17, 15) is 9.59 Å². The number of hydrogen-bond acceptors (Lipinski definition) is 2. The van der Waals surface area contributed by atoms with E-state index in [0.29, 0.717) is 18.9 Å². The molecule has 1 saturated carbocycles. The highest BCUT2D eigenvalue weighted by atomic mass is 16.2. The van der Waals surface area contributed by atoms with Crippen molar-refractivity contribution in [3.05, 3.63) is 35.9 Å². The summed E-state index contributed by atoms with van der Waals surface area (Å²) in [6.07, 6.45) is 7.14. The third-order valence-corrected chi connectivity index (χ3v) is 6.31. The van der Waals surface area contributed by atoms with Crippen molar-refractivity contribution in [3.8, 4) is 0 Å². The Hall–Kier alpha value is -2.04. The summed E-state index contributed by atoms with van der Waals surface area (Å²) in [7, 11) is 0. The van der Waals surface area contributed by atoms with Gasteiger partial charge in [-0.05, 0) is 50.0 Å². The molecule has 0 bridgehead atoms. The van der Waals surface area contributed by atoms with Crippen LogP contribution in [0.1, 0.15) is 50.5 Å². The Morgan fingerprint density at radius 3 is 2.69 bits per heavy atom. The number of nitrogens with one attached hydrogen (secondary N) is 1. The van der Waals surface area contributed by atoms with Crippen molar-refractivity contribution in [1.29, 1.82) is 0 Å². The first kappa shape index (κ1) is 17.4. The van der Waals surface area contributed by atoms with E-state index in [0.717, 1.165) is 56.8 Å². The predicted octanol–water partition coefficient (Wildman–Crippen LogP) is 3.15. The van der Waals surface area contributed by atoms with E-state index in [1.807, 2.05) is 35.2 Å². The largest absolute Gasteiger partial charge is 0.337 e. The van der Waals surface area contributed by atoms with Crippen LogP contribution in [-0.4, -0.2) is 46.9 Å². The quantitative estimate of drug-likeness (QED) is 0.902. The Morgan fingerprint density at radius 1 is 1.12 bits per heavy atom. The first-order valence-corrected chi connectivity index (χ1v) is 10.0. The van der Waals surface area contributed by atoms with Crippen molar-refractivity contribution in [1.82, 2.24) is 15.1 Å². The molecule has 4 rings (SSSR count). The van der Waals surface area contributed by atoms with Crippen LogP contribution in [0.15, 0.2) is 30.3 Å². The number of benzene rings is 1. The number of rotatable bonds is 4. The minimum absolute atomic E-state index is 0.00807. The summed E-state index contributed by atoms with van der Waals surface area (Å²) >= 11 is 0. The highest BCUT2D eigenvalue weighted by molar-refractivity contribution is 5.80. The number of carbonyl (C=O) groups is 2. The molecule has 1 N–H and O–H groups in total. The topological polar surface area (TPSA) is 52.7 Å². The third-order valence-electron chi connectivity index (χ3n) is 6.31. The molecule has 3 aliphatic rings. The van der Waals surface area contributed by atoms with Gasteiger partial charge in [0.25, 0.3) is 0 Å². The molecule has 3 amide bonds. The van der Waals surface area contributed by atoms with Crippen molar-refractivity contribution < 1.29 is 9.59 Å². The summed E-state index contributed by atoms with van der Waals surface area (Å²) in [4.78, 5) is 29.2. The van der Waals surface area contributed by atoms with Gasteiger partial charge in [-0.25, -0.2) is 4.79 Å². The zero-order valence-corrected chi connectivity index (χ0v) is 15.5. The van der Waals surface area contributed by atoms with Gasteiger partial charge in [0.15, 0.2) is 0 Å².